The van der Waals surface area contributed by atoms with Crippen molar-refractivity contribution in [1.29, 1.82) is 0 Å². The maximum absolute atomic E-state index is 13.5. The maximum atomic E-state index is 13.5. The van der Waals surface area contributed by atoms with Crippen LogP contribution in [-0.2, 0) is 14.3 Å². The summed E-state index contributed by atoms with van der Waals surface area (Å²) in [7, 11) is 0. The molecule has 184 valence electrons. The van der Waals surface area contributed by atoms with Crippen LogP contribution in [-0.4, -0.2) is 17.9 Å². The van der Waals surface area contributed by atoms with E-state index in [1.165, 1.54) is 24.5 Å². The molecule has 8 atom stereocenters. The molecule has 0 aromatic heterocycles. The molecular weight excluding hydrogens is 408 g/mol. The van der Waals surface area contributed by atoms with Gasteiger partial charge in [0.1, 0.15) is 6.10 Å². The monoisotopic (exact) mass is 454 g/mol. The summed E-state index contributed by atoms with van der Waals surface area (Å²) in [5.74, 6) is 3.50. The molecule has 0 aromatic rings. The Morgan fingerprint density at radius 3 is 2.45 bits per heavy atom. The van der Waals surface area contributed by atoms with E-state index in [9.17, 15) is 9.59 Å². The first-order valence-electron chi connectivity index (χ1n) is 13.6. The van der Waals surface area contributed by atoms with Crippen LogP contribution < -0.4 is 0 Å². The normalized spacial score (nSPS) is 40.4. The van der Waals surface area contributed by atoms with Crippen LogP contribution in [0.25, 0.3) is 0 Å². The van der Waals surface area contributed by atoms with E-state index in [-0.39, 0.29) is 22.9 Å². The number of ether oxygens (including phenoxy) is 1. The molecule has 0 aliphatic heterocycles. The molecule has 3 saturated carbocycles. The Morgan fingerprint density at radius 1 is 1.06 bits per heavy atom. The maximum Gasteiger partial charge on any atom is 0.302 e. The van der Waals surface area contributed by atoms with Gasteiger partial charge in [-0.15, -0.1) is 0 Å². The van der Waals surface area contributed by atoms with Crippen molar-refractivity contribution in [2.75, 3.05) is 0 Å². The van der Waals surface area contributed by atoms with Gasteiger partial charge in [-0.25, -0.2) is 0 Å². The molecule has 0 saturated heterocycles. The lowest BCUT2D eigenvalue weighted by Crippen LogP contribution is -2.49. The van der Waals surface area contributed by atoms with Crippen LogP contribution in [0.15, 0.2) is 23.3 Å². The Hall–Kier alpha value is -1.38. The van der Waals surface area contributed by atoms with E-state index in [0.29, 0.717) is 41.3 Å². The molecule has 3 fully saturated rings. The summed E-state index contributed by atoms with van der Waals surface area (Å²) >= 11 is 0. The second-order valence-electron chi connectivity index (χ2n) is 12.7. The molecule has 3 nitrogen and oxygen atoms in total. The van der Waals surface area contributed by atoms with Gasteiger partial charge in [-0.05, 0) is 91.3 Å². The van der Waals surface area contributed by atoms with Crippen molar-refractivity contribution in [3.8, 4) is 0 Å². The van der Waals surface area contributed by atoms with Gasteiger partial charge in [0.05, 0.1) is 0 Å². The van der Waals surface area contributed by atoms with Crippen LogP contribution in [0, 0.1) is 46.3 Å². The molecule has 0 bridgehead atoms. The van der Waals surface area contributed by atoms with E-state index in [0.717, 1.165) is 44.9 Å². The van der Waals surface area contributed by atoms with Crippen molar-refractivity contribution < 1.29 is 14.3 Å². The van der Waals surface area contributed by atoms with Crippen LogP contribution in [0.3, 0.4) is 0 Å². The fourth-order valence-electron chi connectivity index (χ4n) is 8.14. The molecule has 0 heterocycles. The number of carbonyl (C=O) groups excluding carboxylic acids is 2. The van der Waals surface area contributed by atoms with Gasteiger partial charge in [0.15, 0.2) is 5.78 Å². The van der Waals surface area contributed by atoms with E-state index < -0.39 is 0 Å². The van der Waals surface area contributed by atoms with Gasteiger partial charge in [-0.3, -0.25) is 9.59 Å². The summed E-state index contributed by atoms with van der Waals surface area (Å²) in [6.45, 7) is 15.6. The van der Waals surface area contributed by atoms with Crippen molar-refractivity contribution >= 4 is 11.8 Å². The lowest BCUT2D eigenvalue weighted by molar-refractivity contribution is -0.152. The standard InChI is InChI=1S/C30H46O3/c1-18(2)19(3)8-9-20(4)26-17-27(32)28-24-11-10-22-16-23(33-21(5)31)12-14-29(22,6)25(24)13-15-30(26,28)7/h8-9,18-20,22-23,25-26H,10-17H2,1-7H3/b9-8+/t19-,20+,22-,23-,25-,26+,29-,30+/m0/s1. The minimum Gasteiger partial charge on any atom is -0.463 e. The first kappa shape index (κ1) is 24.7. The van der Waals surface area contributed by atoms with E-state index in [1.807, 2.05) is 0 Å². The highest BCUT2D eigenvalue weighted by Gasteiger charge is 2.58. The van der Waals surface area contributed by atoms with Gasteiger partial charge < -0.3 is 4.74 Å². The quantitative estimate of drug-likeness (QED) is 0.323. The second-order valence-corrected chi connectivity index (χ2v) is 12.7. The zero-order valence-corrected chi connectivity index (χ0v) is 22.1. The van der Waals surface area contributed by atoms with Gasteiger partial charge >= 0.3 is 5.97 Å². The Kier molecular flexibility index (Phi) is 6.75. The Labute approximate surface area is 201 Å². The predicted octanol–water partition coefficient (Wildman–Crippen LogP) is 7.30. The molecule has 3 heteroatoms. The van der Waals surface area contributed by atoms with Gasteiger partial charge in [0, 0.05) is 18.9 Å². The first-order chi connectivity index (χ1) is 15.5. The second kappa shape index (κ2) is 9.00. The number of hydrogen-bond donors (Lipinski definition) is 0. The molecule has 0 N–H and O–H groups in total. The van der Waals surface area contributed by atoms with Gasteiger partial charge in [0.25, 0.3) is 0 Å². The summed E-state index contributed by atoms with van der Waals surface area (Å²) in [6.07, 6.45) is 13.2. The van der Waals surface area contributed by atoms with Crippen molar-refractivity contribution in [1.82, 2.24) is 0 Å². The third-order valence-corrected chi connectivity index (χ3v) is 10.5. The van der Waals surface area contributed by atoms with Crippen molar-refractivity contribution in [2.24, 2.45) is 46.3 Å². The topological polar surface area (TPSA) is 43.4 Å². The fourth-order valence-corrected chi connectivity index (χ4v) is 8.14. The molecular formula is C30H46O3. The number of hydrogen-bond acceptors (Lipinski definition) is 3. The zero-order valence-electron chi connectivity index (χ0n) is 22.1. The van der Waals surface area contributed by atoms with Crippen molar-refractivity contribution in [2.45, 2.75) is 106 Å². The summed E-state index contributed by atoms with van der Waals surface area (Å²) < 4.78 is 5.61. The molecule has 4 aliphatic rings. The number of rotatable bonds is 5. The zero-order chi connectivity index (χ0) is 24.1. The highest BCUT2D eigenvalue weighted by atomic mass is 16.5. The summed E-state index contributed by atoms with van der Waals surface area (Å²) in [5, 5.41) is 0. The highest BCUT2D eigenvalue weighted by molar-refractivity contribution is 6.00. The minimum absolute atomic E-state index is 0.0336. The lowest BCUT2D eigenvalue weighted by atomic mass is 9.49. The van der Waals surface area contributed by atoms with Crippen molar-refractivity contribution in [3.63, 3.8) is 0 Å². The van der Waals surface area contributed by atoms with E-state index in [1.54, 1.807) is 0 Å². The number of Topliss-reactive ketones (excluding diaryl/α,β-unsaturated/α-hetero) is 1. The average Bonchev–Trinajstić information content (AvgIpc) is 3.02. The average molecular weight is 455 g/mol. The SMILES string of the molecule is CC(=O)O[C@H]1CC[C@@]2(C)[C@@H](CCC3=C4C(=O)C[C@H]([C@H](C)/C=C/[C@H](C)C(C)C)[C@@]4(C)CC[C@@H]32)C1. The van der Waals surface area contributed by atoms with E-state index in [4.69, 9.17) is 4.74 Å². The van der Waals surface area contributed by atoms with Gasteiger partial charge in [-0.1, -0.05) is 59.3 Å². The van der Waals surface area contributed by atoms with E-state index >= 15 is 0 Å². The molecule has 0 unspecified atom stereocenters. The number of esters is 1. The van der Waals surface area contributed by atoms with Crippen LogP contribution in [0.2, 0.25) is 0 Å². The predicted molar refractivity (Wildman–Crippen MR) is 134 cm³/mol. The molecule has 4 rings (SSSR count). The Balaban J connectivity index is 1.59. The van der Waals surface area contributed by atoms with Crippen LogP contribution in [0.5, 0.6) is 0 Å². The van der Waals surface area contributed by atoms with Crippen LogP contribution >= 0.6 is 0 Å². The fraction of sp³-hybridized carbons (Fsp3) is 0.800. The molecule has 0 radical (unpaired) electrons. The van der Waals surface area contributed by atoms with E-state index in [2.05, 4.69) is 53.7 Å². The smallest absolute Gasteiger partial charge is 0.302 e. The van der Waals surface area contributed by atoms with Crippen LogP contribution in [0.1, 0.15) is 99.8 Å². The molecule has 33 heavy (non-hydrogen) atoms. The minimum atomic E-state index is -0.149. The number of ketones is 1. The number of fused-ring (bicyclic) bond motifs is 4. The molecule has 4 aliphatic carbocycles. The highest BCUT2D eigenvalue weighted by Crippen LogP contribution is 2.65. The molecule has 0 aromatic carbocycles. The molecule has 0 amide bonds. The van der Waals surface area contributed by atoms with Gasteiger partial charge in [0.2, 0.25) is 0 Å². The summed E-state index contributed by atoms with van der Waals surface area (Å²) in [5.41, 5.74) is 3.04. The van der Waals surface area contributed by atoms with Crippen molar-refractivity contribution in [3.05, 3.63) is 23.3 Å². The number of carbonyl (C=O) groups is 2. The Bertz CT molecular complexity index is 851. The molecule has 0 spiro atoms. The number of allylic oxidation sites excluding steroid dienone is 4. The van der Waals surface area contributed by atoms with Crippen LogP contribution in [0.4, 0.5) is 0 Å². The first-order valence-corrected chi connectivity index (χ1v) is 13.6. The summed E-state index contributed by atoms with van der Waals surface area (Å²) in [4.78, 5) is 25.0. The largest absolute Gasteiger partial charge is 0.463 e. The third kappa shape index (κ3) is 4.27. The third-order valence-electron chi connectivity index (χ3n) is 10.5. The summed E-state index contributed by atoms with van der Waals surface area (Å²) in [6, 6.07) is 0. The Morgan fingerprint density at radius 2 is 1.79 bits per heavy atom. The van der Waals surface area contributed by atoms with Gasteiger partial charge in [-0.2, -0.15) is 0 Å². The lowest BCUT2D eigenvalue weighted by Gasteiger charge is -2.56.